The number of halogens is 1. The van der Waals surface area contributed by atoms with Crippen molar-refractivity contribution in [2.45, 2.75) is 6.61 Å². The smallest absolute Gasteiger partial charge is 0.271 e. The highest BCUT2D eigenvalue weighted by Crippen LogP contribution is 2.30. The molecule has 0 fully saturated rings. The summed E-state index contributed by atoms with van der Waals surface area (Å²) in [5.41, 5.74) is 1.70. The number of hydrogen-bond donors (Lipinski definition) is 1. The number of methoxy groups -OCH3 is 2. The number of nitro groups is 1. The lowest BCUT2D eigenvalue weighted by Gasteiger charge is -2.11. The van der Waals surface area contributed by atoms with E-state index in [9.17, 15) is 14.9 Å². The number of amides is 1. The van der Waals surface area contributed by atoms with Crippen LogP contribution in [-0.2, 0) is 11.4 Å². The van der Waals surface area contributed by atoms with Gasteiger partial charge in [0.1, 0.15) is 12.4 Å². The third-order valence-corrected chi connectivity index (χ3v) is 4.83. The molecule has 8 nitrogen and oxygen atoms in total. The molecule has 3 aromatic rings. The van der Waals surface area contributed by atoms with Gasteiger partial charge in [-0.3, -0.25) is 14.9 Å². The molecule has 0 saturated carbocycles. The first kappa shape index (κ1) is 23.6. The van der Waals surface area contributed by atoms with Crippen LogP contribution in [0.2, 0.25) is 5.02 Å². The first-order chi connectivity index (χ1) is 15.9. The Morgan fingerprint density at radius 1 is 1.00 bits per heavy atom. The number of hydrogen-bond acceptors (Lipinski definition) is 6. The van der Waals surface area contributed by atoms with Crippen LogP contribution in [0.15, 0.2) is 66.7 Å². The molecule has 3 aromatic carbocycles. The minimum absolute atomic E-state index is 0.158. The van der Waals surface area contributed by atoms with Gasteiger partial charge in [0.05, 0.1) is 24.8 Å². The number of ether oxygens (including phenoxy) is 3. The topological polar surface area (TPSA) is 99.9 Å². The summed E-state index contributed by atoms with van der Waals surface area (Å²) in [6, 6.07) is 16.5. The summed E-state index contributed by atoms with van der Waals surface area (Å²) < 4.78 is 16.4. The highest BCUT2D eigenvalue weighted by Gasteiger charge is 2.13. The van der Waals surface area contributed by atoms with E-state index in [0.29, 0.717) is 34.4 Å². The minimum Gasteiger partial charge on any atom is -0.495 e. The quantitative estimate of drug-likeness (QED) is 0.253. The highest BCUT2D eigenvalue weighted by atomic mass is 35.5. The molecule has 0 aliphatic carbocycles. The Morgan fingerprint density at radius 2 is 1.70 bits per heavy atom. The Morgan fingerprint density at radius 3 is 2.36 bits per heavy atom. The van der Waals surface area contributed by atoms with Crippen LogP contribution in [0.1, 0.15) is 11.1 Å². The molecule has 0 heterocycles. The van der Waals surface area contributed by atoms with E-state index in [1.165, 1.54) is 38.5 Å². The summed E-state index contributed by atoms with van der Waals surface area (Å²) in [6.07, 6.45) is 2.89. The number of anilines is 1. The number of rotatable bonds is 9. The fourth-order valence-electron chi connectivity index (χ4n) is 2.90. The first-order valence-corrected chi connectivity index (χ1v) is 10.1. The van der Waals surface area contributed by atoms with Crippen LogP contribution in [0.5, 0.6) is 17.2 Å². The molecule has 0 saturated heterocycles. The summed E-state index contributed by atoms with van der Waals surface area (Å²) in [6.45, 7) is 0.343. The minimum atomic E-state index is -0.548. The fraction of sp³-hybridized carbons (Fsp3) is 0.125. The van der Waals surface area contributed by atoms with Crippen molar-refractivity contribution < 1.29 is 23.9 Å². The summed E-state index contributed by atoms with van der Waals surface area (Å²) in [4.78, 5) is 22.8. The van der Waals surface area contributed by atoms with Crippen molar-refractivity contribution >= 4 is 35.0 Å². The zero-order valence-corrected chi connectivity index (χ0v) is 18.7. The van der Waals surface area contributed by atoms with E-state index in [1.54, 1.807) is 36.4 Å². The second kappa shape index (κ2) is 11.0. The number of carbonyl (C=O) groups excluding carboxylic acids is 1. The summed E-state index contributed by atoms with van der Waals surface area (Å²) in [5, 5.41) is 14.2. The van der Waals surface area contributed by atoms with Gasteiger partial charge in [-0.2, -0.15) is 0 Å². The highest BCUT2D eigenvalue weighted by molar-refractivity contribution is 6.30. The number of nitrogens with one attached hydrogen (secondary N) is 1. The second-order valence-corrected chi connectivity index (χ2v) is 7.23. The molecule has 1 N–H and O–H groups in total. The van der Waals surface area contributed by atoms with Crippen molar-refractivity contribution in [1.82, 2.24) is 0 Å². The number of nitro benzene ring substituents is 1. The molecule has 9 heteroatoms. The number of benzene rings is 3. The van der Waals surface area contributed by atoms with Gasteiger partial charge in [0.2, 0.25) is 5.91 Å². The predicted octanol–water partition coefficient (Wildman–Crippen LogP) is 5.50. The van der Waals surface area contributed by atoms with Crippen LogP contribution >= 0.6 is 11.6 Å². The van der Waals surface area contributed by atoms with Crippen molar-refractivity contribution in [2.75, 3.05) is 19.5 Å². The lowest BCUT2D eigenvalue weighted by Crippen LogP contribution is -2.09. The molecule has 0 atom stereocenters. The fourth-order valence-corrected chi connectivity index (χ4v) is 3.03. The van der Waals surface area contributed by atoms with Crippen molar-refractivity contribution in [3.05, 3.63) is 93.0 Å². The van der Waals surface area contributed by atoms with Crippen LogP contribution in [-0.4, -0.2) is 25.1 Å². The Labute approximate surface area is 195 Å². The molecule has 1 amide bonds. The zero-order valence-electron chi connectivity index (χ0n) is 17.9. The number of nitrogens with zero attached hydrogens (tertiary/aromatic N) is 1. The Hall–Kier alpha value is -4.04. The SMILES string of the molecule is COc1ccc([N+](=O)[O-])cc1NC(=O)/C=C/c1ccc(OCc2ccc(Cl)cc2)c(OC)c1. The van der Waals surface area contributed by atoms with Crippen molar-refractivity contribution in [3.8, 4) is 17.2 Å². The van der Waals surface area contributed by atoms with Gasteiger partial charge in [-0.15, -0.1) is 0 Å². The maximum atomic E-state index is 12.4. The molecule has 0 unspecified atom stereocenters. The zero-order chi connectivity index (χ0) is 23.8. The Bertz CT molecular complexity index is 1180. The van der Waals surface area contributed by atoms with Gasteiger partial charge in [-0.05, 0) is 47.5 Å². The maximum Gasteiger partial charge on any atom is 0.271 e. The molecule has 33 heavy (non-hydrogen) atoms. The monoisotopic (exact) mass is 468 g/mol. The maximum absolute atomic E-state index is 12.4. The second-order valence-electron chi connectivity index (χ2n) is 6.79. The van der Waals surface area contributed by atoms with Gasteiger partial charge in [-0.25, -0.2) is 0 Å². The van der Waals surface area contributed by atoms with E-state index in [4.69, 9.17) is 25.8 Å². The molecule has 0 radical (unpaired) electrons. The van der Waals surface area contributed by atoms with Crippen LogP contribution in [0, 0.1) is 10.1 Å². The van der Waals surface area contributed by atoms with E-state index >= 15 is 0 Å². The third-order valence-electron chi connectivity index (χ3n) is 4.57. The van der Waals surface area contributed by atoms with Crippen LogP contribution in [0.3, 0.4) is 0 Å². The van der Waals surface area contributed by atoms with Crippen molar-refractivity contribution in [1.29, 1.82) is 0 Å². The normalized spacial score (nSPS) is 10.6. The van der Waals surface area contributed by atoms with Gasteiger partial charge >= 0.3 is 0 Å². The van der Waals surface area contributed by atoms with Gasteiger partial charge in [-0.1, -0.05) is 29.8 Å². The molecular formula is C24H21ClN2O6. The van der Waals surface area contributed by atoms with Gasteiger partial charge in [0.25, 0.3) is 5.69 Å². The predicted molar refractivity (Wildman–Crippen MR) is 126 cm³/mol. The van der Waals surface area contributed by atoms with E-state index in [1.807, 2.05) is 12.1 Å². The molecule has 170 valence electrons. The Kier molecular flexibility index (Phi) is 7.88. The average molecular weight is 469 g/mol. The van der Waals surface area contributed by atoms with Gasteiger partial charge in [0, 0.05) is 23.2 Å². The number of carbonyl (C=O) groups is 1. The van der Waals surface area contributed by atoms with E-state index in [2.05, 4.69) is 5.32 Å². The molecule has 3 rings (SSSR count). The van der Waals surface area contributed by atoms with Gasteiger partial charge < -0.3 is 19.5 Å². The molecule has 0 aromatic heterocycles. The van der Waals surface area contributed by atoms with Crippen LogP contribution in [0.25, 0.3) is 6.08 Å². The largest absolute Gasteiger partial charge is 0.495 e. The van der Waals surface area contributed by atoms with E-state index in [-0.39, 0.29) is 11.4 Å². The average Bonchev–Trinajstić information content (AvgIpc) is 2.82. The van der Waals surface area contributed by atoms with Crippen molar-refractivity contribution in [3.63, 3.8) is 0 Å². The first-order valence-electron chi connectivity index (χ1n) is 9.76. The molecule has 0 bridgehead atoms. The molecule has 0 aliphatic rings. The van der Waals surface area contributed by atoms with Gasteiger partial charge in [0.15, 0.2) is 11.5 Å². The van der Waals surface area contributed by atoms with Crippen LogP contribution < -0.4 is 19.5 Å². The summed E-state index contributed by atoms with van der Waals surface area (Å²) in [7, 11) is 2.94. The standard InChI is InChI=1S/C24H21ClN2O6/c1-31-21-11-9-19(27(29)30)14-20(21)26-24(28)12-6-16-5-10-22(23(13-16)32-2)33-15-17-3-7-18(25)8-4-17/h3-14H,15H2,1-2H3,(H,26,28)/b12-6+. The Balaban J connectivity index is 1.68. The van der Waals surface area contributed by atoms with Crippen molar-refractivity contribution in [2.24, 2.45) is 0 Å². The lowest BCUT2D eigenvalue weighted by molar-refractivity contribution is -0.384. The molecule has 0 aliphatic heterocycles. The van der Waals surface area contributed by atoms with Crippen LogP contribution in [0.4, 0.5) is 11.4 Å². The molecule has 0 spiro atoms. The summed E-state index contributed by atoms with van der Waals surface area (Å²) >= 11 is 5.90. The number of non-ortho nitro benzene ring substituents is 1. The molecular weight excluding hydrogens is 448 g/mol. The van der Waals surface area contributed by atoms with E-state index < -0.39 is 10.8 Å². The third kappa shape index (κ3) is 6.47. The van der Waals surface area contributed by atoms with E-state index in [0.717, 1.165) is 5.56 Å². The lowest BCUT2D eigenvalue weighted by atomic mass is 10.2. The summed E-state index contributed by atoms with van der Waals surface area (Å²) in [5.74, 6) is 0.893.